The molecule has 68 valence electrons. The Bertz CT molecular complexity index is 233. The number of hydrogen-bond donors (Lipinski definition) is 0. The highest BCUT2D eigenvalue weighted by molar-refractivity contribution is 9.10. The minimum absolute atomic E-state index is 1.20. The smallest absolute Gasteiger partial charge is 0.0351 e. The van der Waals surface area contributed by atoms with Gasteiger partial charge < -0.3 is 4.74 Å². The first kappa shape index (κ1) is 11.7. The summed E-state index contributed by atoms with van der Waals surface area (Å²) in [5, 5.41) is 0. The van der Waals surface area contributed by atoms with E-state index < -0.39 is 0 Å². The number of methoxy groups -OCH3 is 1. The van der Waals surface area contributed by atoms with E-state index in [1.54, 1.807) is 14.2 Å². The topological polar surface area (TPSA) is 9.23 Å². The Balaban J connectivity index is 0.000000354. The molecular weight excluding hydrogens is 216 g/mol. The van der Waals surface area contributed by atoms with Crippen molar-refractivity contribution >= 4 is 15.9 Å². The summed E-state index contributed by atoms with van der Waals surface area (Å²) in [7, 11) is 3.25. The standard InChI is InChI=1S/C8H9Br.C2H6O/c1-6-3-4-7(2)8(9)5-6;1-3-2/h3-5H,1-2H3;1-2H3. The largest absolute Gasteiger partial charge is 0.388 e. The van der Waals surface area contributed by atoms with E-state index in [9.17, 15) is 0 Å². The van der Waals surface area contributed by atoms with Crippen LogP contribution in [-0.2, 0) is 4.74 Å². The van der Waals surface area contributed by atoms with Crippen molar-refractivity contribution in [3.05, 3.63) is 33.8 Å². The molecule has 0 N–H and O–H groups in total. The van der Waals surface area contributed by atoms with Crippen LogP contribution < -0.4 is 0 Å². The first-order chi connectivity index (χ1) is 5.61. The number of halogens is 1. The molecular formula is C10H15BrO. The Labute approximate surface area is 82.9 Å². The zero-order valence-corrected chi connectivity index (χ0v) is 9.60. The second-order valence-electron chi connectivity index (χ2n) is 2.66. The third kappa shape index (κ3) is 4.52. The Hall–Kier alpha value is -0.340. The molecule has 0 aliphatic rings. The molecule has 0 fully saturated rings. The van der Waals surface area contributed by atoms with E-state index in [4.69, 9.17) is 0 Å². The van der Waals surface area contributed by atoms with Gasteiger partial charge in [0.2, 0.25) is 0 Å². The van der Waals surface area contributed by atoms with E-state index in [-0.39, 0.29) is 0 Å². The summed E-state index contributed by atoms with van der Waals surface area (Å²) in [6, 6.07) is 6.34. The Kier molecular flexibility index (Phi) is 6.03. The lowest BCUT2D eigenvalue weighted by Gasteiger charge is -1.96. The van der Waals surface area contributed by atoms with Crippen LogP contribution in [0.4, 0.5) is 0 Å². The second kappa shape index (κ2) is 6.21. The second-order valence-corrected chi connectivity index (χ2v) is 3.52. The normalized spacial score (nSPS) is 8.75. The van der Waals surface area contributed by atoms with Gasteiger partial charge in [0.15, 0.2) is 0 Å². The molecule has 0 heterocycles. The molecule has 0 radical (unpaired) electrons. The van der Waals surface area contributed by atoms with E-state index in [1.165, 1.54) is 15.6 Å². The average molecular weight is 231 g/mol. The molecule has 1 nitrogen and oxygen atoms in total. The lowest BCUT2D eigenvalue weighted by molar-refractivity contribution is 0.277. The highest BCUT2D eigenvalue weighted by Gasteiger charge is 1.90. The zero-order valence-electron chi connectivity index (χ0n) is 8.02. The highest BCUT2D eigenvalue weighted by atomic mass is 79.9. The Morgan fingerprint density at radius 1 is 1.17 bits per heavy atom. The van der Waals surface area contributed by atoms with Crippen LogP contribution in [0.3, 0.4) is 0 Å². The van der Waals surface area contributed by atoms with Crippen LogP contribution in [0.1, 0.15) is 11.1 Å². The summed E-state index contributed by atoms with van der Waals surface area (Å²) < 4.78 is 5.45. The fraction of sp³-hybridized carbons (Fsp3) is 0.400. The molecule has 0 atom stereocenters. The van der Waals surface area contributed by atoms with E-state index >= 15 is 0 Å². The van der Waals surface area contributed by atoms with Crippen LogP contribution >= 0.6 is 15.9 Å². The monoisotopic (exact) mass is 230 g/mol. The molecule has 0 aromatic heterocycles. The van der Waals surface area contributed by atoms with Gasteiger partial charge in [0.05, 0.1) is 0 Å². The first-order valence-electron chi connectivity index (χ1n) is 3.74. The van der Waals surface area contributed by atoms with Gasteiger partial charge in [0.1, 0.15) is 0 Å². The minimum Gasteiger partial charge on any atom is -0.388 e. The summed E-state index contributed by atoms with van der Waals surface area (Å²) in [5.41, 5.74) is 2.59. The lowest BCUT2D eigenvalue weighted by Crippen LogP contribution is -1.75. The van der Waals surface area contributed by atoms with Gasteiger partial charge in [0.25, 0.3) is 0 Å². The van der Waals surface area contributed by atoms with Gasteiger partial charge in [-0.1, -0.05) is 28.1 Å². The number of aryl methyl sites for hydroxylation is 2. The Morgan fingerprint density at radius 3 is 2.00 bits per heavy atom. The Morgan fingerprint density at radius 2 is 1.67 bits per heavy atom. The fourth-order valence-corrected chi connectivity index (χ4v) is 1.19. The van der Waals surface area contributed by atoms with Gasteiger partial charge in [-0.15, -0.1) is 0 Å². The van der Waals surface area contributed by atoms with Gasteiger partial charge in [0, 0.05) is 18.7 Å². The summed E-state index contributed by atoms with van der Waals surface area (Å²) in [4.78, 5) is 0. The molecule has 0 spiro atoms. The molecule has 0 bridgehead atoms. The third-order valence-corrected chi connectivity index (χ3v) is 2.18. The van der Waals surface area contributed by atoms with E-state index in [0.717, 1.165) is 0 Å². The molecule has 0 aliphatic heterocycles. The summed E-state index contributed by atoms with van der Waals surface area (Å²) in [5.74, 6) is 0. The maximum Gasteiger partial charge on any atom is 0.0351 e. The van der Waals surface area contributed by atoms with E-state index in [1.807, 2.05) is 0 Å². The molecule has 0 saturated carbocycles. The van der Waals surface area contributed by atoms with Crippen molar-refractivity contribution < 1.29 is 4.74 Å². The molecule has 0 saturated heterocycles. The molecule has 12 heavy (non-hydrogen) atoms. The molecule has 1 rings (SSSR count). The molecule has 1 aromatic carbocycles. The van der Waals surface area contributed by atoms with Crippen LogP contribution in [0.5, 0.6) is 0 Å². The van der Waals surface area contributed by atoms with Gasteiger partial charge in [-0.05, 0) is 31.0 Å². The molecule has 0 unspecified atom stereocenters. The molecule has 2 heteroatoms. The van der Waals surface area contributed by atoms with Crippen LogP contribution in [0.25, 0.3) is 0 Å². The molecule has 0 aliphatic carbocycles. The fourth-order valence-electron chi connectivity index (χ4n) is 0.698. The summed E-state index contributed by atoms with van der Waals surface area (Å²) in [6.07, 6.45) is 0. The first-order valence-corrected chi connectivity index (χ1v) is 4.54. The SMILES string of the molecule is COC.Cc1ccc(C)c(Br)c1. The molecule has 1 aromatic rings. The van der Waals surface area contributed by atoms with Crippen molar-refractivity contribution in [1.82, 2.24) is 0 Å². The summed E-state index contributed by atoms with van der Waals surface area (Å²) in [6.45, 7) is 4.17. The van der Waals surface area contributed by atoms with Crippen molar-refractivity contribution in [1.29, 1.82) is 0 Å². The van der Waals surface area contributed by atoms with Crippen molar-refractivity contribution in [3.63, 3.8) is 0 Å². The summed E-state index contributed by atoms with van der Waals surface area (Å²) >= 11 is 3.45. The van der Waals surface area contributed by atoms with Gasteiger partial charge in [-0.3, -0.25) is 0 Å². The van der Waals surface area contributed by atoms with Crippen LogP contribution in [0.2, 0.25) is 0 Å². The molecule has 0 amide bonds. The maximum absolute atomic E-state index is 4.25. The third-order valence-electron chi connectivity index (χ3n) is 1.33. The number of rotatable bonds is 0. The minimum atomic E-state index is 1.20. The predicted molar refractivity (Wildman–Crippen MR) is 56.5 cm³/mol. The van der Waals surface area contributed by atoms with Crippen molar-refractivity contribution in [2.45, 2.75) is 13.8 Å². The number of benzene rings is 1. The van der Waals surface area contributed by atoms with Crippen molar-refractivity contribution in [2.24, 2.45) is 0 Å². The van der Waals surface area contributed by atoms with Crippen molar-refractivity contribution in [3.8, 4) is 0 Å². The van der Waals surface area contributed by atoms with Gasteiger partial charge in [-0.2, -0.15) is 0 Å². The van der Waals surface area contributed by atoms with Crippen LogP contribution in [-0.4, -0.2) is 14.2 Å². The highest BCUT2D eigenvalue weighted by Crippen LogP contribution is 2.16. The lowest BCUT2D eigenvalue weighted by atomic mass is 10.2. The van der Waals surface area contributed by atoms with Crippen LogP contribution in [0.15, 0.2) is 22.7 Å². The van der Waals surface area contributed by atoms with Gasteiger partial charge in [-0.25, -0.2) is 0 Å². The number of hydrogen-bond acceptors (Lipinski definition) is 1. The quantitative estimate of drug-likeness (QED) is 0.665. The maximum atomic E-state index is 4.25. The number of ether oxygens (including phenoxy) is 1. The van der Waals surface area contributed by atoms with E-state index in [2.05, 4.69) is 52.7 Å². The zero-order chi connectivity index (χ0) is 9.56. The predicted octanol–water partition coefficient (Wildman–Crippen LogP) is 3.33. The average Bonchev–Trinajstić information content (AvgIpc) is 1.99. The van der Waals surface area contributed by atoms with E-state index in [0.29, 0.717) is 0 Å². The van der Waals surface area contributed by atoms with Crippen molar-refractivity contribution in [2.75, 3.05) is 14.2 Å². The van der Waals surface area contributed by atoms with Crippen LogP contribution in [0, 0.1) is 13.8 Å². The van der Waals surface area contributed by atoms with Gasteiger partial charge >= 0.3 is 0 Å².